The first-order chi connectivity index (χ1) is 9.35. The van der Waals surface area contributed by atoms with Crippen LogP contribution in [0.1, 0.15) is 43.0 Å². The van der Waals surface area contributed by atoms with Gasteiger partial charge in [-0.05, 0) is 43.0 Å². The van der Waals surface area contributed by atoms with Crippen LogP contribution in [0.25, 0.3) is 0 Å². The summed E-state index contributed by atoms with van der Waals surface area (Å²) < 4.78 is 24.6. The molecule has 0 aliphatic heterocycles. The highest BCUT2D eigenvalue weighted by atomic mass is 32.2. The molecule has 20 heavy (non-hydrogen) atoms. The summed E-state index contributed by atoms with van der Waals surface area (Å²) in [6.45, 7) is 2.23. The Balaban J connectivity index is 2.04. The number of hydrogen-bond acceptors (Lipinski definition) is 3. The lowest BCUT2D eigenvalue weighted by Crippen LogP contribution is -2.21. The zero-order chi connectivity index (χ0) is 14.8. The number of sulfonamides is 1. The van der Waals surface area contributed by atoms with Crippen LogP contribution in [0.2, 0.25) is 0 Å². The molecule has 0 heterocycles. The third-order valence-corrected chi connectivity index (χ3v) is 4.47. The van der Waals surface area contributed by atoms with E-state index in [1.54, 1.807) is 24.3 Å². The molecule has 1 aromatic carbocycles. The van der Waals surface area contributed by atoms with Gasteiger partial charge >= 0.3 is 0 Å². The van der Waals surface area contributed by atoms with Crippen molar-refractivity contribution >= 4 is 21.5 Å². The zero-order valence-electron chi connectivity index (χ0n) is 11.9. The van der Waals surface area contributed by atoms with E-state index in [1.807, 2.05) is 0 Å². The average molecular weight is 295 g/mol. The number of rotatable bonds is 4. The van der Waals surface area contributed by atoms with Crippen LogP contribution in [0.4, 0.5) is 5.69 Å². The van der Waals surface area contributed by atoms with Gasteiger partial charge in [-0.25, -0.2) is 8.42 Å². The lowest BCUT2D eigenvalue weighted by Gasteiger charge is -2.25. The van der Waals surface area contributed by atoms with Crippen molar-refractivity contribution in [1.82, 2.24) is 0 Å². The van der Waals surface area contributed by atoms with E-state index in [4.69, 9.17) is 0 Å². The highest BCUT2D eigenvalue weighted by molar-refractivity contribution is 7.92. The number of Topliss-reactive ketones (excluding diaryl/α,β-unsaturated/α-hetero) is 1. The second-order valence-corrected chi connectivity index (χ2v) is 7.52. The Morgan fingerprint density at radius 3 is 2.15 bits per heavy atom. The van der Waals surface area contributed by atoms with Crippen molar-refractivity contribution in [2.24, 2.45) is 11.8 Å². The molecular formula is C15H21NO3S. The summed E-state index contributed by atoms with van der Waals surface area (Å²) >= 11 is 0. The number of anilines is 1. The number of nitrogens with one attached hydrogen (secondary N) is 1. The minimum atomic E-state index is -3.27. The minimum Gasteiger partial charge on any atom is -0.294 e. The van der Waals surface area contributed by atoms with Gasteiger partial charge in [-0.1, -0.05) is 19.8 Å². The standard InChI is InChI=1S/C15H21NO3S/c1-11-3-5-12(6-4-11)15(17)13-7-9-14(10-8-13)16-20(2,18)19/h7-12,16H,3-6H2,1-2H3. The fourth-order valence-corrected chi connectivity index (χ4v) is 3.24. The second-order valence-electron chi connectivity index (χ2n) is 5.77. The summed E-state index contributed by atoms with van der Waals surface area (Å²) in [5.41, 5.74) is 1.16. The van der Waals surface area contributed by atoms with Crippen LogP contribution in [0.5, 0.6) is 0 Å². The Labute approximate surface area is 120 Å². The molecule has 0 saturated heterocycles. The molecule has 2 rings (SSSR count). The van der Waals surface area contributed by atoms with E-state index >= 15 is 0 Å². The van der Waals surface area contributed by atoms with Gasteiger partial charge in [0.05, 0.1) is 6.26 Å². The van der Waals surface area contributed by atoms with Crippen molar-refractivity contribution in [3.05, 3.63) is 29.8 Å². The highest BCUT2D eigenvalue weighted by Gasteiger charge is 2.25. The number of benzene rings is 1. The summed E-state index contributed by atoms with van der Waals surface area (Å²) in [6, 6.07) is 6.68. The van der Waals surface area contributed by atoms with Crippen LogP contribution in [0.3, 0.4) is 0 Å². The van der Waals surface area contributed by atoms with Crippen LogP contribution < -0.4 is 4.72 Å². The van der Waals surface area contributed by atoms with E-state index in [0.717, 1.165) is 37.9 Å². The Morgan fingerprint density at radius 1 is 1.10 bits per heavy atom. The summed E-state index contributed by atoms with van der Waals surface area (Å²) in [6.07, 6.45) is 5.26. The van der Waals surface area contributed by atoms with Crippen molar-refractivity contribution < 1.29 is 13.2 Å². The maximum atomic E-state index is 12.4. The molecule has 0 aromatic heterocycles. The lowest BCUT2D eigenvalue weighted by atomic mass is 9.79. The largest absolute Gasteiger partial charge is 0.294 e. The summed E-state index contributed by atoms with van der Waals surface area (Å²) in [5.74, 6) is 1.03. The predicted octanol–water partition coefficient (Wildman–Crippen LogP) is 3.07. The van der Waals surface area contributed by atoms with Crippen LogP contribution in [0.15, 0.2) is 24.3 Å². The summed E-state index contributed by atoms with van der Waals surface area (Å²) in [4.78, 5) is 12.4. The van der Waals surface area contributed by atoms with Crippen LogP contribution in [-0.4, -0.2) is 20.5 Å². The van der Waals surface area contributed by atoms with Crippen LogP contribution in [0, 0.1) is 11.8 Å². The first-order valence-corrected chi connectivity index (χ1v) is 8.86. The van der Waals surface area contributed by atoms with Crippen molar-refractivity contribution in [2.75, 3.05) is 11.0 Å². The SMILES string of the molecule is CC1CCC(C(=O)c2ccc(NS(C)(=O)=O)cc2)CC1. The first kappa shape index (κ1) is 15.0. The van der Waals surface area contributed by atoms with Gasteiger partial charge in [0.1, 0.15) is 0 Å². The minimum absolute atomic E-state index is 0.125. The molecule has 1 N–H and O–H groups in total. The number of hydrogen-bond donors (Lipinski definition) is 1. The van der Waals surface area contributed by atoms with Gasteiger partial charge in [0.2, 0.25) is 10.0 Å². The molecule has 1 aliphatic carbocycles. The van der Waals surface area contributed by atoms with E-state index in [1.165, 1.54) is 0 Å². The Morgan fingerprint density at radius 2 is 1.65 bits per heavy atom. The van der Waals surface area contributed by atoms with Crippen LogP contribution >= 0.6 is 0 Å². The van der Waals surface area contributed by atoms with E-state index in [-0.39, 0.29) is 11.7 Å². The zero-order valence-corrected chi connectivity index (χ0v) is 12.7. The fourth-order valence-electron chi connectivity index (χ4n) is 2.67. The van der Waals surface area contributed by atoms with E-state index in [2.05, 4.69) is 11.6 Å². The molecular weight excluding hydrogens is 274 g/mol. The molecule has 0 unspecified atom stereocenters. The molecule has 1 fully saturated rings. The van der Waals surface area contributed by atoms with Crippen molar-refractivity contribution in [3.8, 4) is 0 Å². The van der Waals surface area contributed by atoms with Crippen molar-refractivity contribution in [3.63, 3.8) is 0 Å². The van der Waals surface area contributed by atoms with Gasteiger partial charge in [0, 0.05) is 17.2 Å². The summed E-state index contributed by atoms with van der Waals surface area (Å²) in [5, 5.41) is 0. The Kier molecular flexibility index (Phi) is 4.48. The molecule has 0 amide bonds. The highest BCUT2D eigenvalue weighted by Crippen LogP contribution is 2.30. The van der Waals surface area contributed by atoms with E-state index in [9.17, 15) is 13.2 Å². The van der Waals surface area contributed by atoms with Crippen molar-refractivity contribution in [2.45, 2.75) is 32.6 Å². The number of ketones is 1. The molecule has 5 heteroatoms. The molecule has 0 atom stereocenters. The van der Waals surface area contributed by atoms with Gasteiger partial charge in [-0.3, -0.25) is 9.52 Å². The third kappa shape index (κ3) is 4.07. The topological polar surface area (TPSA) is 63.2 Å². The average Bonchev–Trinajstić information content (AvgIpc) is 2.38. The van der Waals surface area contributed by atoms with Gasteiger partial charge in [-0.2, -0.15) is 0 Å². The quantitative estimate of drug-likeness (QED) is 0.868. The molecule has 0 radical (unpaired) electrons. The number of carbonyl (C=O) groups is 1. The van der Waals surface area contributed by atoms with Gasteiger partial charge < -0.3 is 0 Å². The molecule has 1 aromatic rings. The fraction of sp³-hybridized carbons (Fsp3) is 0.533. The van der Waals surface area contributed by atoms with Gasteiger partial charge in [0.25, 0.3) is 0 Å². The smallest absolute Gasteiger partial charge is 0.229 e. The monoisotopic (exact) mass is 295 g/mol. The molecule has 4 nitrogen and oxygen atoms in total. The maximum Gasteiger partial charge on any atom is 0.229 e. The van der Waals surface area contributed by atoms with E-state index in [0.29, 0.717) is 11.3 Å². The van der Waals surface area contributed by atoms with E-state index < -0.39 is 10.0 Å². The number of carbonyl (C=O) groups excluding carboxylic acids is 1. The molecule has 1 saturated carbocycles. The third-order valence-electron chi connectivity index (χ3n) is 3.86. The van der Waals surface area contributed by atoms with Crippen molar-refractivity contribution in [1.29, 1.82) is 0 Å². The molecule has 0 bridgehead atoms. The normalized spacial score (nSPS) is 23.3. The predicted molar refractivity (Wildman–Crippen MR) is 80.4 cm³/mol. The lowest BCUT2D eigenvalue weighted by molar-refractivity contribution is 0.0875. The van der Waals surface area contributed by atoms with Gasteiger partial charge in [-0.15, -0.1) is 0 Å². The molecule has 110 valence electrons. The molecule has 1 aliphatic rings. The Hall–Kier alpha value is -1.36. The summed E-state index contributed by atoms with van der Waals surface area (Å²) in [7, 11) is -3.27. The maximum absolute atomic E-state index is 12.4. The Bertz CT molecular complexity index is 570. The second kappa shape index (κ2) is 5.95. The first-order valence-electron chi connectivity index (χ1n) is 6.97. The van der Waals surface area contributed by atoms with Gasteiger partial charge in [0.15, 0.2) is 5.78 Å². The van der Waals surface area contributed by atoms with Crippen LogP contribution in [-0.2, 0) is 10.0 Å². The molecule has 0 spiro atoms.